The molecule has 6 nitrogen and oxygen atoms in total. The van der Waals surface area contributed by atoms with Gasteiger partial charge in [0, 0.05) is 5.71 Å². The van der Waals surface area contributed by atoms with Crippen molar-refractivity contribution in [1.29, 1.82) is 0 Å². The zero-order valence-corrected chi connectivity index (χ0v) is 10.0. The van der Waals surface area contributed by atoms with Crippen molar-refractivity contribution in [2.24, 2.45) is 11.0 Å². The van der Waals surface area contributed by atoms with Gasteiger partial charge in [0.05, 0.1) is 0 Å². The number of aryl methyl sites for hydroxylation is 1. The number of anilines is 1. The van der Waals surface area contributed by atoms with E-state index in [4.69, 9.17) is 0 Å². The number of aromatic amines is 1. The summed E-state index contributed by atoms with van der Waals surface area (Å²) in [6, 6.07) is 0. The molecule has 0 radical (unpaired) electrons. The monoisotopic (exact) mass is 223 g/mol. The average Bonchev–Trinajstić information content (AvgIpc) is 2.23. The number of hydrazone groups is 1. The van der Waals surface area contributed by atoms with Gasteiger partial charge in [0.2, 0.25) is 5.95 Å². The van der Waals surface area contributed by atoms with Crippen molar-refractivity contribution in [3.8, 4) is 0 Å². The Morgan fingerprint density at radius 2 is 2.19 bits per heavy atom. The van der Waals surface area contributed by atoms with Gasteiger partial charge in [-0.1, -0.05) is 20.8 Å². The van der Waals surface area contributed by atoms with Gasteiger partial charge >= 0.3 is 0 Å². The summed E-state index contributed by atoms with van der Waals surface area (Å²) >= 11 is 0. The first-order chi connectivity index (χ1) is 7.54. The third-order valence-corrected chi connectivity index (χ3v) is 2.19. The van der Waals surface area contributed by atoms with Crippen molar-refractivity contribution < 1.29 is 0 Å². The van der Waals surface area contributed by atoms with Crippen LogP contribution in [-0.4, -0.2) is 20.9 Å². The van der Waals surface area contributed by atoms with Crippen molar-refractivity contribution in [3.63, 3.8) is 0 Å². The summed E-state index contributed by atoms with van der Waals surface area (Å²) < 4.78 is 0. The van der Waals surface area contributed by atoms with Crippen LogP contribution >= 0.6 is 0 Å². The Labute approximate surface area is 94.2 Å². The molecule has 0 saturated carbocycles. The van der Waals surface area contributed by atoms with Crippen molar-refractivity contribution in [3.05, 3.63) is 16.0 Å². The highest BCUT2D eigenvalue weighted by Crippen LogP contribution is 2.02. The molecule has 1 rings (SSSR count). The van der Waals surface area contributed by atoms with Crippen LogP contribution in [-0.2, 0) is 0 Å². The molecule has 2 N–H and O–H groups in total. The third-order valence-electron chi connectivity index (χ3n) is 2.19. The molecule has 0 saturated heterocycles. The van der Waals surface area contributed by atoms with Gasteiger partial charge in [-0.2, -0.15) is 5.10 Å². The first-order valence-electron chi connectivity index (χ1n) is 5.30. The van der Waals surface area contributed by atoms with E-state index < -0.39 is 0 Å². The van der Waals surface area contributed by atoms with Crippen LogP contribution < -0.4 is 11.0 Å². The molecule has 88 valence electrons. The minimum absolute atomic E-state index is 0.254. The quantitative estimate of drug-likeness (QED) is 0.595. The van der Waals surface area contributed by atoms with Gasteiger partial charge < -0.3 is 0 Å². The summed E-state index contributed by atoms with van der Waals surface area (Å²) in [4.78, 5) is 13.8. The van der Waals surface area contributed by atoms with Gasteiger partial charge in [-0.3, -0.25) is 9.78 Å². The van der Waals surface area contributed by atoms with Crippen LogP contribution in [0.2, 0.25) is 0 Å². The minimum Gasteiger partial charge on any atom is -0.288 e. The molecule has 0 fully saturated rings. The Hall–Kier alpha value is -1.72. The van der Waals surface area contributed by atoms with Crippen molar-refractivity contribution >= 4 is 11.7 Å². The largest absolute Gasteiger partial charge is 0.288 e. The van der Waals surface area contributed by atoms with E-state index in [1.165, 1.54) is 0 Å². The van der Waals surface area contributed by atoms with Gasteiger partial charge in [0.1, 0.15) is 5.69 Å². The summed E-state index contributed by atoms with van der Waals surface area (Å²) in [7, 11) is 0. The Bertz CT molecular complexity index is 435. The van der Waals surface area contributed by atoms with Crippen LogP contribution in [0.5, 0.6) is 0 Å². The molecule has 1 heterocycles. The molecule has 0 amide bonds. The fraction of sp³-hybridized carbons (Fsp3) is 0.600. The fourth-order valence-corrected chi connectivity index (χ4v) is 1.18. The van der Waals surface area contributed by atoms with Gasteiger partial charge in [0.25, 0.3) is 5.56 Å². The molecule has 0 unspecified atom stereocenters. The summed E-state index contributed by atoms with van der Waals surface area (Å²) in [5.74, 6) is 0.629. The number of rotatable bonds is 4. The van der Waals surface area contributed by atoms with E-state index in [0.717, 1.165) is 12.1 Å². The predicted molar refractivity (Wildman–Crippen MR) is 63.6 cm³/mol. The van der Waals surface area contributed by atoms with Crippen molar-refractivity contribution in [2.75, 3.05) is 5.43 Å². The molecule has 6 heteroatoms. The summed E-state index contributed by atoms with van der Waals surface area (Å²) in [5, 5.41) is 11.7. The van der Waals surface area contributed by atoms with E-state index in [-0.39, 0.29) is 11.5 Å². The maximum absolute atomic E-state index is 11.2. The Morgan fingerprint density at radius 1 is 1.50 bits per heavy atom. The standard InChI is InChI=1S/C10H17N5O/c1-5-8(6(2)3)13-15-10-11-9(16)7(4)12-14-10/h6H,5H2,1-4H3,(H2,11,14,15,16)/b13-8-. The molecule has 0 spiro atoms. The lowest BCUT2D eigenvalue weighted by Gasteiger charge is -2.07. The second kappa shape index (κ2) is 5.39. The number of hydrogen-bond donors (Lipinski definition) is 2. The van der Waals surface area contributed by atoms with Crippen LogP contribution in [0.3, 0.4) is 0 Å². The Balaban J connectivity index is 2.81. The maximum atomic E-state index is 11.2. The van der Waals surface area contributed by atoms with E-state index in [1.807, 2.05) is 6.92 Å². The first-order valence-corrected chi connectivity index (χ1v) is 5.30. The van der Waals surface area contributed by atoms with Crippen LogP contribution in [0.1, 0.15) is 32.9 Å². The molecule has 1 aromatic heterocycles. The molecule has 0 aromatic carbocycles. The highest BCUT2D eigenvalue weighted by molar-refractivity contribution is 5.86. The average molecular weight is 223 g/mol. The van der Waals surface area contributed by atoms with E-state index >= 15 is 0 Å². The second-order valence-electron chi connectivity index (χ2n) is 3.81. The number of nitrogens with one attached hydrogen (secondary N) is 2. The lowest BCUT2D eigenvalue weighted by atomic mass is 10.1. The molecule has 0 aliphatic carbocycles. The highest BCUT2D eigenvalue weighted by Gasteiger charge is 2.03. The van der Waals surface area contributed by atoms with Crippen LogP contribution in [0.4, 0.5) is 5.95 Å². The molecule has 0 bridgehead atoms. The van der Waals surface area contributed by atoms with Gasteiger partial charge in [-0.15, -0.1) is 10.2 Å². The number of H-pyrrole nitrogens is 1. The summed E-state index contributed by atoms with van der Waals surface area (Å²) in [6.45, 7) is 7.76. The zero-order valence-electron chi connectivity index (χ0n) is 10.0. The van der Waals surface area contributed by atoms with Gasteiger partial charge in [-0.05, 0) is 19.3 Å². The number of aromatic nitrogens is 3. The smallest absolute Gasteiger partial charge is 0.274 e. The summed E-state index contributed by atoms with van der Waals surface area (Å²) in [6.07, 6.45) is 0.855. The lowest BCUT2D eigenvalue weighted by molar-refractivity contribution is 0.845. The van der Waals surface area contributed by atoms with E-state index in [9.17, 15) is 4.79 Å². The SMILES string of the molecule is CC/C(=N/Nc1nnc(C)c(=O)[nH]1)C(C)C. The molecule has 1 aromatic rings. The predicted octanol–water partition coefficient (Wildman–Crippen LogP) is 1.31. The molecule has 0 aliphatic rings. The van der Waals surface area contributed by atoms with Gasteiger partial charge in [0.15, 0.2) is 0 Å². The molecule has 16 heavy (non-hydrogen) atoms. The maximum Gasteiger partial charge on any atom is 0.274 e. The number of nitrogens with zero attached hydrogens (tertiary/aromatic N) is 3. The highest BCUT2D eigenvalue weighted by atomic mass is 16.1. The zero-order chi connectivity index (χ0) is 12.1. The number of hydrogen-bond acceptors (Lipinski definition) is 5. The van der Waals surface area contributed by atoms with Crippen LogP contribution in [0.15, 0.2) is 9.90 Å². The Morgan fingerprint density at radius 3 is 2.69 bits per heavy atom. The summed E-state index contributed by atoms with van der Waals surface area (Å²) in [5.41, 5.74) is 3.81. The minimum atomic E-state index is -0.254. The third kappa shape index (κ3) is 3.15. The topological polar surface area (TPSA) is 83.0 Å². The normalized spacial score (nSPS) is 11.9. The van der Waals surface area contributed by atoms with Crippen molar-refractivity contribution in [1.82, 2.24) is 15.2 Å². The molecule has 0 atom stereocenters. The van der Waals surface area contributed by atoms with Crippen LogP contribution in [0, 0.1) is 12.8 Å². The Kier molecular flexibility index (Phi) is 4.16. The molecular weight excluding hydrogens is 206 g/mol. The second-order valence-corrected chi connectivity index (χ2v) is 3.81. The van der Waals surface area contributed by atoms with Crippen molar-refractivity contribution in [2.45, 2.75) is 34.1 Å². The first kappa shape index (κ1) is 12.4. The van der Waals surface area contributed by atoms with Gasteiger partial charge in [-0.25, -0.2) is 5.43 Å². The van der Waals surface area contributed by atoms with Crippen LogP contribution in [0.25, 0.3) is 0 Å². The molecule has 0 aliphatic heterocycles. The lowest BCUT2D eigenvalue weighted by Crippen LogP contribution is -2.16. The van der Waals surface area contributed by atoms with E-state index in [0.29, 0.717) is 11.6 Å². The fourth-order valence-electron chi connectivity index (χ4n) is 1.18. The van der Waals surface area contributed by atoms with E-state index in [1.54, 1.807) is 6.92 Å². The molecular formula is C10H17N5O. The van der Waals surface area contributed by atoms with E-state index in [2.05, 4.69) is 39.6 Å².